The summed E-state index contributed by atoms with van der Waals surface area (Å²) in [5.41, 5.74) is 1.49. The molecule has 5 heteroatoms. The second-order valence-corrected chi connectivity index (χ2v) is 8.80. The zero-order valence-corrected chi connectivity index (χ0v) is 18.8. The summed E-state index contributed by atoms with van der Waals surface area (Å²) in [6, 6.07) is 20.5. The van der Waals surface area contributed by atoms with Crippen molar-refractivity contribution in [2.45, 2.75) is 45.6 Å². The lowest BCUT2D eigenvalue weighted by atomic mass is 10.0. The number of hydrogen-bond acceptors (Lipinski definition) is 4. The van der Waals surface area contributed by atoms with Crippen molar-refractivity contribution in [2.24, 2.45) is 0 Å². The molecule has 5 nitrogen and oxygen atoms in total. The first-order valence-corrected chi connectivity index (χ1v) is 10.8. The monoisotopic (exact) mass is 431 g/mol. The first-order valence-electron chi connectivity index (χ1n) is 10.8. The summed E-state index contributed by atoms with van der Waals surface area (Å²) in [7, 11) is 0. The topological polar surface area (TPSA) is 72.5 Å². The Kier molecular flexibility index (Phi) is 7.41. The molecule has 1 amide bonds. The fourth-order valence-corrected chi connectivity index (χ4v) is 3.38. The summed E-state index contributed by atoms with van der Waals surface area (Å²) in [4.78, 5) is 36.7. The standard InChI is InChI=1S/C27H29NO4/c1-27(2,3)32-25(30)17-19-10-12-21(13-11-19)24(29)9-6-16-28-26(31)23-15-14-20-7-4-5-8-22(20)18-23/h4-5,7-8,10-15,18H,6,9,16-17H2,1-3H3,(H,28,31). The van der Waals surface area contributed by atoms with Crippen LogP contribution in [0.1, 0.15) is 59.9 Å². The van der Waals surface area contributed by atoms with Crippen LogP contribution >= 0.6 is 0 Å². The minimum absolute atomic E-state index is 0.00812. The molecule has 1 N–H and O–H groups in total. The second kappa shape index (κ2) is 10.2. The average Bonchev–Trinajstić information content (AvgIpc) is 2.75. The molecule has 0 spiro atoms. The van der Waals surface area contributed by atoms with E-state index in [1.165, 1.54) is 0 Å². The Labute approximate surface area is 188 Å². The molecule has 0 saturated carbocycles. The number of nitrogens with one attached hydrogen (secondary N) is 1. The summed E-state index contributed by atoms with van der Waals surface area (Å²) in [5.74, 6) is -0.429. The SMILES string of the molecule is CC(C)(C)OC(=O)Cc1ccc(C(=O)CCCNC(=O)c2ccc3ccccc3c2)cc1. The Bertz CT molecular complexity index is 1110. The van der Waals surface area contributed by atoms with E-state index in [2.05, 4.69) is 5.32 Å². The van der Waals surface area contributed by atoms with Gasteiger partial charge in [0.15, 0.2) is 5.78 Å². The van der Waals surface area contributed by atoms with Gasteiger partial charge >= 0.3 is 5.97 Å². The maximum Gasteiger partial charge on any atom is 0.310 e. The van der Waals surface area contributed by atoms with Crippen molar-refractivity contribution in [3.05, 3.63) is 83.4 Å². The lowest BCUT2D eigenvalue weighted by molar-refractivity contribution is -0.153. The summed E-state index contributed by atoms with van der Waals surface area (Å²) in [6.45, 7) is 5.92. The number of hydrogen-bond donors (Lipinski definition) is 1. The molecule has 0 fully saturated rings. The van der Waals surface area contributed by atoms with Gasteiger partial charge in [-0.3, -0.25) is 14.4 Å². The smallest absolute Gasteiger partial charge is 0.310 e. The number of carbonyl (C=O) groups excluding carboxylic acids is 3. The first-order chi connectivity index (χ1) is 15.2. The average molecular weight is 432 g/mol. The number of ketones is 1. The zero-order valence-electron chi connectivity index (χ0n) is 18.8. The van der Waals surface area contributed by atoms with Crippen LogP contribution in [0.3, 0.4) is 0 Å². The fourth-order valence-electron chi connectivity index (χ4n) is 3.38. The minimum atomic E-state index is -0.517. The molecule has 0 aliphatic rings. The molecule has 3 aromatic carbocycles. The summed E-state index contributed by atoms with van der Waals surface area (Å²) in [5, 5.41) is 4.99. The summed E-state index contributed by atoms with van der Waals surface area (Å²) >= 11 is 0. The van der Waals surface area contributed by atoms with Crippen molar-refractivity contribution in [1.82, 2.24) is 5.32 Å². The molecule has 0 bridgehead atoms. The van der Waals surface area contributed by atoms with Crippen molar-refractivity contribution >= 4 is 28.4 Å². The predicted molar refractivity (Wildman–Crippen MR) is 126 cm³/mol. The van der Waals surface area contributed by atoms with Crippen LogP contribution in [-0.4, -0.2) is 29.8 Å². The Morgan fingerprint density at radius 2 is 1.50 bits per heavy atom. The van der Waals surface area contributed by atoms with Crippen molar-refractivity contribution in [1.29, 1.82) is 0 Å². The van der Waals surface area contributed by atoms with Gasteiger partial charge in [0.05, 0.1) is 6.42 Å². The molecular weight excluding hydrogens is 402 g/mol. The van der Waals surface area contributed by atoms with Crippen molar-refractivity contribution in [3.63, 3.8) is 0 Å². The Morgan fingerprint density at radius 3 is 2.19 bits per heavy atom. The molecule has 0 unspecified atom stereocenters. The molecule has 0 saturated heterocycles. The van der Waals surface area contributed by atoms with E-state index >= 15 is 0 Å². The Morgan fingerprint density at radius 1 is 0.844 bits per heavy atom. The molecular formula is C27H29NO4. The fraction of sp³-hybridized carbons (Fsp3) is 0.296. The third kappa shape index (κ3) is 6.77. The number of carbonyl (C=O) groups is 3. The van der Waals surface area contributed by atoms with E-state index in [0.717, 1.165) is 16.3 Å². The Balaban J connectivity index is 1.44. The number of Topliss-reactive ketones (excluding diaryl/α,β-unsaturated/α-hetero) is 1. The highest BCUT2D eigenvalue weighted by Gasteiger charge is 2.16. The van der Waals surface area contributed by atoms with Crippen LogP contribution < -0.4 is 5.32 Å². The van der Waals surface area contributed by atoms with Crippen LogP contribution in [-0.2, 0) is 16.0 Å². The lowest BCUT2D eigenvalue weighted by Gasteiger charge is -2.19. The van der Waals surface area contributed by atoms with Crippen molar-refractivity contribution in [2.75, 3.05) is 6.54 Å². The van der Waals surface area contributed by atoms with Gasteiger partial charge in [-0.2, -0.15) is 0 Å². The van der Waals surface area contributed by atoms with E-state index in [4.69, 9.17) is 4.74 Å². The molecule has 0 aliphatic heterocycles. The van der Waals surface area contributed by atoms with E-state index in [1.807, 2.05) is 63.2 Å². The van der Waals surface area contributed by atoms with E-state index in [-0.39, 0.29) is 24.1 Å². The number of amides is 1. The molecule has 0 aromatic heterocycles. The molecule has 0 atom stereocenters. The Hall–Kier alpha value is -3.47. The normalized spacial score (nSPS) is 11.2. The van der Waals surface area contributed by atoms with Crippen LogP contribution in [0.25, 0.3) is 10.8 Å². The van der Waals surface area contributed by atoms with Crippen LogP contribution in [0.2, 0.25) is 0 Å². The van der Waals surface area contributed by atoms with E-state index in [0.29, 0.717) is 30.5 Å². The molecule has 32 heavy (non-hydrogen) atoms. The van der Waals surface area contributed by atoms with Crippen molar-refractivity contribution < 1.29 is 19.1 Å². The maximum atomic E-state index is 12.4. The van der Waals surface area contributed by atoms with Gasteiger partial charge in [-0.25, -0.2) is 0 Å². The van der Waals surface area contributed by atoms with Crippen molar-refractivity contribution in [3.8, 4) is 0 Å². The number of ether oxygens (including phenoxy) is 1. The number of esters is 1. The highest BCUT2D eigenvalue weighted by molar-refractivity contribution is 5.99. The highest BCUT2D eigenvalue weighted by Crippen LogP contribution is 2.16. The van der Waals surface area contributed by atoms with Crippen LogP contribution in [0.4, 0.5) is 0 Å². The first kappa shape index (κ1) is 23.2. The van der Waals surface area contributed by atoms with E-state index in [9.17, 15) is 14.4 Å². The van der Waals surface area contributed by atoms with Crippen LogP contribution in [0.15, 0.2) is 66.7 Å². The highest BCUT2D eigenvalue weighted by atomic mass is 16.6. The second-order valence-electron chi connectivity index (χ2n) is 8.80. The maximum absolute atomic E-state index is 12.4. The van der Waals surface area contributed by atoms with Gasteiger partial charge in [0, 0.05) is 24.1 Å². The van der Waals surface area contributed by atoms with Gasteiger partial charge in [-0.15, -0.1) is 0 Å². The third-order valence-corrected chi connectivity index (χ3v) is 4.92. The largest absolute Gasteiger partial charge is 0.460 e. The van der Waals surface area contributed by atoms with Gasteiger partial charge in [-0.05, 0) is 55.7 Å². The summed E-state index contributed by atoms with van der Waals surface area (Å²) in [6.07, 6.45) is 1.06. The van der Waals surface area contributed by atoms with Gasteiger partial charge in [0.25, 0.3) is 5.91 Å². The van der Waals surface area contributed by atoms with E-state index < -0.39 is 5.60 Å². The summed E-state index contributed by atoms with van der Waals surface area (Å²) < 4.78 is 5.32. The molecule has 0 heterocycles. The quantitative estimate of drug-likeness (QED) is 0.305. The van der Waals surface area contributed by atoms with Gasteiger partial charge in [0.2, 0.25) is 0 Å². The lowest BCUT2D eigenvalue weighted by Crippen LogP contribution is -2.25. The zero-order chi connectivity index (χ0) is 23.1. The number of benzene rings is 3. The molecule has 0 radical (unpaired) electrons. The van der Waals surface area contributed by atoms with Crippen LogP contribution in [0, 0.1) is 0 Å². The third-order valence-electron chi connectivity index (χ3n) is 4.92. The molecule has 166 valence electrons. The van der Waals surface area contributed by atoms with Gasteiger partial charge < -0.3 is 10.1 Å². The van der Waals surface area contributed by atoms with E-state index in [1.54, 1.807) is 24.3 Å². The molecule has 3 rings (SSSR count). The van der Waals surface area contributed by atoms with Crippen LogP contribution in [0.5, 0.6) is 0 Å². The molecule has 0 aliphatic carbocycles. The van der Waals surface area contributed by atoms with Gasteiger partial charge in [0.1, 0.15) is 5.60 Å². The number of rotatable bonds is 8. The predicted octanol–water partition coefficient (Wildman–Crippen LogP) is 5.12. The molecule has 3 aromatic rings. The van der Waals surface area contributed by atoms with Gasteiger partial charge in [-0.1, -0.05) is 54.6 Å². The number of fused-ring (bicyclic) bond motifs is 1. The minimum Gasteiger partial charge on any atom is -0.460 e.